The first kappa shape index (κ1) is 31.0. The number of esters is 1. The van der Waals surface area contributed by atoms with Crippen LogP contribution >= 0.6 is 34.5 Å². The average molecular weight is 599 g/mol. The molecule has 1 fully saturated rings. The number of halogens is 4. The van der Waals surface area contributed by atoms with Crippen LogP contribution < -0.4 is 16.4 Å². The number of hydrogen-bond donors (Lipinski definition) is 3. The van der Waals surface area contributed by atoms with Gasteiger partial charge in [-0.3, -0.25) is 4.79 Å². The van der Waals surface area contributed by atoms with Crippen LogP contribution in [0, 0.1) is 17.2 Å². The average Bonchev–Trinajstić information content (AvgIpc) is 3.44. The Labute approximate surface area is 240 Å². The smallest absolute Gasteiger partial charge is 0.348 e. The van der Waals surface area contributed by atoms with Gasteiger partial charge in [-0.05, 0) is 41.7 Å². The van der Waals surface area contributed by atoms with Gasteiger partial charge in [-0.25, -0.2) is 13.6 Å². The summed E-state index contributed by atoms with van der Waals surface area (Å²) in [6.07, 6.45) is 5.23. The van der Waals surface area contributed by atoms with E-state index in [1.54, 1.807) is 6.07 Å². The van der Waals surface area contributed by atoms with Gasteiger partial charge < -0.3 is 21.1 Å². The molecule has 4 N–H and O–H groups in total. The van der Waals surface area contributed by atoms with E-state index in [1.165, 1.54) is 49.1 Å². The maximum atomic E-state index is 15.5. The van der Waals surface area contributed by atoms with Crippen molar-refractivity contribution >= 4 is 51.4 Å². The third-order valence-corrected chi connectivity index (χ3v) is 7.86. The van der Waals surface area contributed by atoms with E-state index in [9.17, 15) is 14.0 Å². The molecule has 210 valence electrons. The Balaban J connectivity index is 2.16. The summed E-state index contributed by atoms with van der Waals surface area (Å²) in [5.41, 5.74) is 6.67. The Kier molecular flexibility index (Phi) is 10.1. The number of rotatable bonds is 8. The largest absolute Gasteiger partial charge is 0.465 e. The highest BCUT2D eigenvalue weighted by atomic mass is 35.5. The number of nitrogens with one attached hydrogen (secondary N) is 2. The van der Waals surface area contributed by atoms with E-state index in [-0.39, 0.29) is 21.6 Å². The number of anilines is 1. The monoisotopic (exact) mass is 597 g/mol. The zero-order valence-electron chi connectivity index (χ0n) is 21.9. The normalized spacial score (nSPS) is 24.0. The minimum absolute atomic E-state index is 0.0621. The minimum atomic E-state index is -1.57. The number of carbonyl (C=O) groups excluding carboxylic acids is 2. The van der Waals surface area contributed by atoms with Crippen LogP contribution in [0.15, 0.2) is 66.0 Å². The molecule has 1 aliphatic heterocycles. The number of benzene rings is 1. The van der Waals surface area contributed by atoms with Crippen molar-refractivity contribution in [3.05, 3.63) is 87.3 Å². The van der Waals surface area contributed by atoms with Crippen molar-refractivity contribution < 1.29 is 23.1 Å². The van der Waals surface area contributed by atoms with Crippen molar-refractivity contribution in [2.24, 2.45) is 17.1 Å². The number of nitrogens with two attached hydrogens (primary N) is 1. The van der Waals surface area contributed by atoms with E-state index in [0.717, 1.165) is 17.4 Å². The molecule has 6 nitrogen and oxygen atoms in total. The molecule has 2 aromatic rings. The summed E-state index contributed by atoms with van der Waals surface area (Å²) in [6, 6.07) is 5.51. The number of allylic oxidation sites excluding steroid dienone is 3. The van der Waals surface area contributed by atoms with E-state index in [2.05, 4.69) is 10.6 Å². The van der Waals surface area contributed by atoms with Crippen LogP contribution in [0.3, 0.4) is 0 Å². The van der Waals surface area contributed by atoms with Crippen LogP contribution in [0.5, 0.6) is 0 Å². The molecule has 0 aliphatic carbocycles. The maximum absolute atomic E-state index is 15.5. The minimum Gasteiger partial charge on any atom is -0.465 e. The number of amides is 1. The molecule has 1 aromatic carbocycles. The lowest BCUT2D eigenvalue weighted by atomic mass is 9.68. The fourth-order valence-corrected chi connectivity index (χ4v) is 5.98. The van der Waals surface area contributed by atoms with Gasteiger partial charge in [-0.1, -0.05) is 68.3 Å². The molecule has 0 saturated carbocycles. The molecule has 0 bridgehead atoms. The van der Waals surface area contributed by atoms with E-state index < -0.39 is 41.2 Å². The quantitative estimate of drug-likeness (QED) is 0.233. The van der Waals surface area contributed by atoms with E-state index >= 15 is 4.39 Å². The lowest BCUT2D eigenvalue weighted by molar-refractivity contribution is -0.118. The van der Waals surface area contributed by atoms with E-state index in [1.807, 2.05) is 20.8 Å². The van der Waals surface area contributed by atoms with E-state index in [0.29, 0.717) is 22.6 Å². The topological polar surface area (TPSA) is 93.4 Å². The molecular weight excluding hydrogens is 567 g/mol. The number of methoxy groups -OCH3 is 1. The van der Waals surface area contributed by atoms with Crippen molar-refractivity contribution in [2.75, 3.05) is 12.4 Å². The second-order valence-electron chi connectivity index (χ2n) is 10.4. The summed E-state index contributed by atoms with van der Waals surface area (Å²) in [6.45, 7) is 5.98. The Bertz CT molecular complexity index is 1310. The van der Waals surface area contributed by atoms with Crippen LogP contribution in [0.25, 0.3) is 0 Å². The molecule has 0 unspecified atom stereocenters. The Hall–Kier alpha value is -2.56. The van der Waals surface area contributed by atoms with Crippen molar-refractivity contribution in [3.63, 3.8) is 0 Å². The van der Waals surface area contributed by atoms with Gasteiger partial charge in [0.05, 0.1) is 30.0 Å². The van der Waals surface area contributed by atoms with Crippen molar-refractivity contribution in [1.29, 1.82) is 0 Å². The van der Waals surface area contributed by atoms with Gasteiger partial charge >= 0.3 is 5.97 Å². The number of ether oxygens (including phenoxy) is 1. The van der Waals surface area contributed by atoms with Gasteiger partial charge in [0.1, 0.15) is 10.7 Å². The Morgan fingerprint density at radius 1 is 1.26 bits per heavy atom. The van der Waals surface area contributed by atoms with Crippen LogP contribution in [0.4, 0.5) is 13.8 Å². The maximum Gasteiger partial charge on any atom is 0.348 e. The fraction of sp³-hybridized carbons (Fsp3) is 0.357. The van der Waals surface area contributed by atoms with Crippen LogP contribution in [0.1, 0.15) is 42.4 Å². The van der Waals surface area contributed by atoms with Gasteiger partial charge in [0.15, 0.2) is 0 Å². The summed E-state index contributed by atoms with van der Waals surface area (Å²) in [5.74, 6) is -2.78. The zero-order chi connectivity index (χ0) is 29.0. The van der Waals surface area contributed by atoms with Gasteiger partial charge in [0, 0.05) is 28.1 Å². The second-order valence-corrected chi connectivity index (χ2v) is 12.2. The predicted octanol–water partition coefficient (Wildman–Crippen LogP) is 6.67. The van der Waals surface area contributed by atoms with Gasteiger partial charge in [-0.2, -0.15) is 0 Å². The molecule has 2 heterocycles. The van der Waals surface area contributed by atoms with Crippen LogP contribution in [0.2, 0.25) is 5.02 Å². The van der Waals surface area contributed by atoms with Crippen LogP contribution in [-0.4, -0.2) is 31.1 Å². The van der Waals surface area contributed by atoms with Crippen LogP contribution in [-0.2, 0) is 15.1 Å². The Morgan fingerprint density at radius 2 is 1.97 bits per heavy atom. The molecular formula is C28H31Cl2F2N3O3S. The van der Waals surface area contributed by atoms with Gasteiger partial charge in [-0.15, -0.1) is 11.3 Å². The third-order valence-electron chi connectivity index (χ3n) is 6.50. The molecule has 3 rings (SSSR count). The van der Waals surface area contributed by atoms with Crippen molar-refractivity contribution in [2.45, 2.75) is 44.8 Å². The summed E-state index contributed by atoms with van der Waals surface area (Å²) in [5, 5.41) is 6.63. The van der Waals surface area contributed by atoms with E-state index in [4.69, 9.17) is 33.7 Å². The fourth-order valence-electron chi connectivity index (χ4n) is 4.91. The number of thiophene rings is 1. The summed E-state index contributed by atoms with van der Waals surface area (Å²) in [7, 11) is 1.26. The molecule has 39 heavy (non-hydrogen) atoms. The first-order chi connectivity index (χ1) is 18.3. The summed E-state index contributed by atoms with van der Waals surface area (Å²) < 4.78 is 34.8. The lowest BCUT2D eigenvalue weighted by Crippen LogP contribution is -2.53. The summed E-state index contributed by atoms with van der Waals surface area (Å²) in [4.78, 5) is 25.9. The first-order valence-corrected chi connectivity index (χ1v) is 13.7. The molecule has 11 heteroatoms. The molecule has 1 saturated heterocycles. The highest BCUT2D eigenvalue weighted by Crippen LogP contribution is 2.47. The highest BCUT2D eigenvalue weighted by Gasteiger charge is 2.58. The molecule has 1 aliphatic rings. The predicted molar refractivity (Wildman–Crippen MR) is 153 cm³/mol. The molecule has 4 atom stereocenters. The standard InChI is InChI=1S/C28H31Cl2F2N3O3S/c1-27(2,3)14-21-28(33,18-9-8-17(30)13-19(18)32)23(16(15-31)7-5-6-12-29)24(34-21)25(36)35-22-11-10-20(39-22)26(37)38-4/h5-13,15,21,23-24,34H,14,33H2,1-4H3,(H,35,36)/b7-5-,12-6+,16-15-/t21-,23-,24+,28+/m0/s1. The van der Waals surface area contributed by atoms with Crippen molar-refractivity contribution in [3.8, 4) is 0 Å². The molecule has 1 amide bonds. The Morgan fingerprint density at radius 3 is 2.56 bits per heavy atom. The number of carbonyl (C=O) groups is 2. The SMILES string of the molecule is COC(=O)c1ccc(NC(=O)[C@@H]2N[C@@H](CC(C)(C)C)[C@](N)(c3ccc(Cl)cc3F)[C@H]2C(/C=C\C=C\Cl)=C\F)s1. The zero-order valence-corrected chi connectivity index (χ0v) is 24.3. The third kappa shape index (κ3) is 6.96. The van der Waals surface area contributed by atoms with Gasteiger partial charge in [0.2, 0.25) is 5.91 Å². The molecule has 0 radical (unpaired) electrons. The summed E-state index contributed by atoms with van der Waals surface area (Å²) >= 11 is 12.7. The van der Waals surface area contributed by atoms with Gasteiger partial charge in [0.25, 0.3) is 0 Å². The molecule has 1 aromatic heterocycles. The number of hydrogen-bond acceptors (Lipinski definition) is 6. The molecule has 0 spiro atoms. The highest BCUT2D eigenvalue weighted by molar-refractivity contribution is 7.18. The second kappa shape index (κ2) is 12.7. The first-order valence-electron chi connectivity index (χ1n) is 12.1. The van der Waals surface area contributed by atoms with Crippen molar-refractivity contribution in [1.82, 2.24) is 5.32 Å². The lowest BCUT2D eigenvalue weighted by Gasteiger charge is -2.39.